The second kappa shape index (κ2) is 7.85. The fourth-order valence-corrected chi connectivity index (χ4v) is 3.36. The number of rotatable bonds is 8. The Bertz CT molecular complexity index is 204. The summed E-state index contributed by atoms with van der Waals surface area (Å²) in [5.74, 6) is -0.0458. The summed E-state index contributed by atoms with van der Waals surface area (Å²) in [6.45, 7) is 11.6. The molecule has 0 rings (SSSR count). The highest BCUT2D eigenvalue weighted by Gasteiger charge is 2.21. The summed E-state index contributed by atoms with van der Waals surface area (Å²) < 4.78 is 10.9. The molecule has 1 unspecified atom stereocenters. The molecule has 1 atom stereocenters. The van der Waals surface area contributed by atoms with Crippen LogP contribution < -0.4 is 0 Å². The van der Waals surface area contributed by atoms with E-state index in [9.17, 15) is 4.79 Å². The van der Waals surface area contributed by atoms with Gasteiger partial charge in [0.25, 0.3) is 0 Å². The van der Waals surface area contributed by atoms with E-state index < -0.39 is 8.32 Å². The van der Waals surface area contributed by atoms with E-state index in [4.69, 9.17) is 9.16 Å². The van der Waals surface area contributed by atoms with Crippen molar-refractivity contribution in [2.45, 2.75) is 52.8 Å². The molecule has 3 nitrogen and oxygen atoms in total. The van der Waals surface area contributed by atoms with Crippen molar-refractivity contribution in [3.63, 3.8) is 0 Å². The zero-order valence-corrected chi connectivity index (χ0v) is 12.3. The molecule has 0 saturated carbocycles. The second-order valence-electron chi connectivity index (χ2n) is 4.77. The molecule has 0 aliphatic carbocycles. The summed E-state index contributed by atoms with van der Waals surface area (Å²) in [5.41, 5.74) is 0. The molecule has 0 aliphatic rings. The molecular weight excluding hydrogens is 220 g/mol. The third kappa shape index (κ3) is 7.01. The molecule has 16 heavy (non-hydrogen) atoms. The van der Waals surface area contributed by atoms with Crippen molar-refractivity contribution in [3.05, 3.63) is 0 Å². The molecule has 0 aromatic carbocycles. The Labute approximate surface area is 101 Å². The third-order valence-corrected chi connectivity index (χ3v) is 5.35. The number of carbonyl (C=O) groups is 1. The van der Waals surface area contributed by atoms with Crippen molar-refractivity contribution in [3.8, 4) is 0 Å². The minimum Gasteiger partial charge on any atom is -0.465 e. The van der Waals surface area contributed by atoms with Crippen molar-refractivity contribution in [2.24, 2.45) is 5.92 Å². The first kappa shape index (κ1) is 15.6. The number of hydrogen-bond acceptors (Lipinski definition) is 3. The van der Waals surface area contributed by atoms with Gasteiger partial charge in [-0.25, -0.2) is 0 Å². The summed E-state index contributed by atoms with van der Waals surface area (Å²) in [6, 6.07) is 1.05. The molecule has 0 aliphatic heterocycles. The summed E-state index contributed by atoms with van der Waals surface area (Å²) in [4.78, 5) is 11.4. The SMILES string of the molecule is CCO[Si](C)(C)CCCOC(=O)C(C)CC. The normalized spacial score (nSPS) is 13.6. The van der Waals surface area contributed by atoms with Gasteiger partial charge in [-0.3, -0.25) is 4.79 Å². The van der Waals surface area contributed by atoms with Crippen LogP contribution in [-0.2, 0) is 14.0 Å². The van der Waals surface area contributed by atoms with Crippen LogP contribution in [0, 0.1) is 5.92 Å². The first-order valence-electron chi connectivity index (χ1n) is 6.23. The fourth-order valence-electron chi connectivity index (χ4n) is 1.44. The number of hydrogen-bond donors (Lipinski definition) is 0. The summed E-state index contributed by atoms with van der Waals surface area (Å²) in [6.07, 6.45) is 1.76. The van der Waals surface area contributed by atoms with E-state index in [-0.39, 0.29) is 11.9 Å². The highest BCUT2D eigenvalue weighted by molar-refractivity contribution is 6.71. The quantitative estimate of drug-likeness (QED) is 0.375. The first-order chi connectivity index (χ1) is 7.43. The Hall–Kier alpha value is -0.353. The zero-order chi connectivity index (χ0) is 12.6. The van der Waals surface area contributed by atoms with Crippen LogP contribution >= 0.6 is 0 Å². The fraction of sp³-hybridized carbons (Fsp3) is 0.917. The molecule has 96 valence electrons. The predicted molar refractivity (Wildman–Crippen MR) is 68.9 cm³/mol. The minimum atomic E-state index is -1.50. The van der Waals surface area contributed by atoms with E-state index in [1.165, 1.54) is 0 Å². The molecule has 0 fully saturated rings. The van der Waals surface area contributed by atoms with Gasteiger partial charge in [0.05, 0.1) is 12.5 Å². The maximum Gasteiger partial charge on any atom is 0.308 e. The van der Waals surface area contributed by atoms with Crippen molar-refractivity contribution in [1.82, 2.24) is 0 Å². The molecular formula is C12H26O3Si. The van der Waals surface area contributed by atoms with Gasteiger partial charge in [-0.2, -0.15) is 0 Å². The lowest BCUT2D eigenvalue weighted by Gasteiger charge is -2.21. The van der Waals surface area contributed by atoms with E-state index in [2.05, 4.69) is 13.1 Å². The van der Waals surface area contributed by atoms with Gasteiger partial charge in [-0.15, -0.1) is 0 Å². The average molecular weight is 246 g/mol. The topological polar surface area (TPSA) is 35.5 Å². The average Bonchev–Trinajstić information content (AvgIpc) is 2.22. The van der Waals surface area contributed by atoms with E-state index in [1.54, 1.807) is 0 Å². The second-order valence-corrected chi connectivity index (χ2v) is 9.08. The lowest BCUT2D eigenvalue weighted by atomic mass is 10.1. The number of carbonyl (C=O) groups excluding carboxylic acids is 1. The molecule has 4 heteroatoms. The van der Waals surface area contributed by atoms with E-state index in [1.807, 2.05) is 20.8 Å². The minimum absolute atomic E-state index is 0.0251. The van der Waals surface area contributed by atoms with Gasteiger partial charge >= 0.3 is 5.97 Å². The van der Waals surface area contributed by atoms with Crippen LogP contribution in [0.15, 0.2) is 0 Å². The summed E-state index contributed by atoms with van der Waals surface area (Å²) >= 11 is 0. The van der Waals surface area contributed by atoms with Crippen LogP contribution in [0.2, 0.25) is 19.1 Å². The first-order valence-corrected chi connectivity index (χ1v) is 9.35. The van der Waals surface area contributed by atoms with E-state index >= 15 is 0 Å². The van der Waals surface area contributed by atoms with E-state index in [0.717, 1.165) is 25.5 Å². The monoisotopic (exact) mass is 246 g/mol. The van der Waals surface area contributed by atoms with Crippen LogP contribution in [0.4, 0.5) is 0 Å². The molecule has 0 saturated heterocycles. The summed E-state index contributed by atoms with van der Waals surface area (Å²) in [7, 11) is -1.50. The summed E-state index contributed by atoms with van der Waals surface area (Å²) in [5, 5.41) is 0. The molecule has 0 amide bonds. The molecule has 0 bridgehead atoms. The third-order valence-electron chi connectivity index (χ3n) is 2.72. The smallest absolute Gasteiger partial charge is 0.308 e. The molecule has 0 aromatic rings. The largest absolute Gasteiger partial charge is 0.465 e. The Morgan fingerprint density at radius 2 is 1.94 bits per heavy atom. The van der Waals surface area contributed by atoms with Crippen LogP contribution in [0.1, 0.15) is 33.6 Å². The lowest BCUT2D eigenvalue weighted by molar-refractivity contribution is -0.148. The molecule has 0 heterocycles. The van der Waals surface area contributed by atoms with Crippen LogP contribution in [-0.4, -0.2) is 27.5 Å². The molecule has 0 N–H and O–H groups in total. The lowest BCUT2D eigenvalue weighted by Crippen LogP contribution is -2.30. The highest BCUT2D eigenvalue weighted by atomic mass is 28.4. The molecule has 0 aromatic heterocycles. The van der Waals surface area contributed by atoms with Crippen molar-refractivity contribution >= 4 is 14.3 Å². The molecule has 0 radical (unpaired) electrons. The van der Waals surface area contributed by atoms with E-state index in [0.29, 0.717) is 6.61 Å². The maximum absolute atomic E-state index is 11.4. The maximum atomic E-state index is 11.4. The predicted octanol–water partition coefficient (Wildman–Crippen LogP) is 3.21. The Morgan fingerprint density at radius 1 is 1.31 bits per heavy atom. The van der Waals surface area contributed by atoms with Gasteiger partial charge in [0.2, 0.25) is 0 Å². The van der Waals surface area contributed by atoms with Gasteiger partial charge in [0.15, 0.2) is 8.32 Å². The van der Waals surface area contributed by atoms with Crippen molar-refractivity contribution < 1.29 is 14.0 Å². The zero-order valence-electron chi connectivity index (χ0n) is 11.3. The van der Waals surface area contributed by atoms with Gasteiger partial charge in [0, 0.05) is 6.61 Å². The van der Waals surface area contributed by atoms with Crippen molar-refractivity contribution in [1.29, 1.82) is 0 Å². The Morgan fingerprint density at radius 3 is 2.44 bits per heavy atom. The van der Waals surface area contributed by atoms with Gasteiger partial charge in [-0.1, -0.05) is 13.8 Å². The Kier molecular flexibility index (Phi) is 7.67. The van der Waals surface area contributed by atoms with Gasteiger partial charge < -0.3 is 9.16 Å². The Balaban J connectivity index is 3.64. The standard InChI is InChI=1S/C12H26O3Si/c1-6-11(3)12(13)14-9-8-10-16(4,5)15-7-2/h11H,6-10H2,1-5H3. The van der Waals surface area contributed by atoms with Crippen LogP contribution in [0.25, 0.3) is 0 Å². The molecule has 0 spiro atoms. The van der Waals surface area contributed by atoms with Crippen LogP contribution in [0.3, 0.4) is 0 Å². The number of esters is 1. The van der Waals surface area contributed by atoms with Gasteiger partial charge in [-0.05, 0) is 38.9 Å². The van der Waals surface area contributed by atoms with Crippen LogP contribution in [0.5, 0.6) is 0 Å². The van der Waals surface area contributed by atoms with Gasteiger partial charge in [0.1, 0.15) is 0 Å². The van der Waals surface area contributed by atoms with Crippen molar-refractivity contribution in [2.75, 3.05) is 13.2 Å². The highest BCUT2D eigenvalue weighted by Crippen LogP contribution is 2.14. The number of ether oxygens (including phenoxy) is 1.